The standard InChI is InChI=1S/C19H27NO4/c1-3-24-16-10-5-4-8-14(16)17-15-9-6-7-11-19(15,22)12-13-20(17)18(21)23-2/h4-5,8,10,15,17,22H,3,6-7,9,11-13H2,1-2H3/t15-,17+,19+/m0/s1. The number of hydrogen-bond acceptors (Lipinski definition) is 4. The topological polar surface area (TPSA) is 59.0 Å². The van der Waals surface area contributed by atoms with Crippen molar-refractivity contribution >= 4 is 6.09 Å². The van der Waals surface area contributed by atoms with Gasteiger partial charge in [0.1, 0.15) is 5.75 Å². The zero-order valence-corrected chi connectivity index (χ0v) is 14.5. The molecule has 5 nitrogen and oxygen atoms in total. The highest BCUT2D eigenvalue weighted by Crippen LogP contribution is 2.50. The third kappa shape index (κ3) is 2.97. The van der Waals surface area contributed by atoms with Gasteiger partial charge in [-0.2, -0.15) is 0 Å². The van der Waals surface area contributed by atoms with E-state index in [0.717, 1.165) is 37.0 Å². The van der Waals surface area contributed by atoms with Gasteiger partial charge < -0.3 is 19.5 Å². The lowest BCUT2D eigenvalue weighted by Gasteiger charge is -2.52. The third-order valence-corrected chi connectivity index (χ3v) is 5.51. The summed E-state index contributed by atoms with van der Waals surface area (Å²) in [6, 6.07) is 7.63. The number of carbonyl (C=O) groups is 1. The largest absolute Gasteiger partial charge is 0.494 e. The summed E-state index contributed by atoms with van der Waals surface area (Å²) in [5.74, 6) is 0.800. The summed E-state index contributed by atoms with van der Waals surface area (Å²) in [7, 11) is 1.41. The molecule has 24 heavy (non-hydrogen) atoms. The Kier molecular flexibility index (Phi) is 4.99. The molecule has 1 saturated heterocycles. The van der Waals surface area contributed by atoms with Gasteiger partial charge in [-0.25, -0.2) is 4.79 Å². The Balaban J connectivity index is 2.05. The second-order valence-corrected chi connectivity index (χ2v) is 6.78. The van der Waals surface area contributed by atoms with Crippen molar-refractivity contribution in [2.75, 3.05) is 20.3 Å². The lowest BCUT2D eigenvalue weighted by Crippen LogP contribution is -2.56. The number of aliphatic hydroxyl groups is 1. The molecule has 1 heterocycles. The number of fused-ring (bicyclic) bond motifs is 1. The second-order valence-electron chi connectivity index (χ2n) is 6.78. The van der Waals surface area contributed by atoms with Crippen molar-refractivity contribution in [2.45, 2.75) is 50.7 Å². The van der Waals surface area contributed by atoms with E-state index in [9.17, 15) is 9.90 Å². The molecule has 0 unspecified atom stereocenters. The minimum absolute atomic E-state index is 0.0145. The lowest BCUT2D eigenvalue weighted by atomic mass is 9.66. The Morgan fingerprint density at radius 2 is 2.12 bits per heavy atom. The number of rotatable bonds is 3. The van der Waals surface area contributed by atoms with E-state index in [4.69, 9.17) is 9.47 Å². The minimum Gasteiger partial charge on any atom is -0.494 e. The van der Waals surface area contributed by atoms with Crippen LogP contribution in [0.3, 0.4) is 0 Å². The summed E-state index contributed by atoms with van der Waals surface area (Å²) in [4.78, 5) is 14.1. The Hall–Kier alpha value is -1.75. The number of hydrogen-bond donors (Lipinski definition) is 1. The average molecular weight is 333 g/mol. The first-order valence-corrected chi connectivity index (χ1v) is 8.89. The molecule has 0 spiro atoms. The first-order chi connectivity index (χ1) is 11.6. The maximum Gasteiger partial charge on any atom is 0.410 e. The number of amides is 1. The molecule has 1 aromatic rings. The summed E-state index contributed by atoms with van der Waals surface area (Å²) in [6.45, 7) is 3.02. The summed E-state index contributed by atoms with van der Waals surface area (Å²) < 4.78 is 10.8. The number of methoxy groups -OCH3 is 1. The van der Waals surface area contributed by atoms with Gasteiger partial charge in [0.25, 0.3) is 0 Å². The molecule has 1 aliphatic heterocycles. The molecule has 2 fully saturated rings. The quantitative estimate of drug-likeness (QED) is 0.919. The Bertz CT molecular complexity index is 590. The Morgan fingerprint density at radius 3 is 2.88 bits per heavy atom. The summed E-state index contributed by atoms with van der Waals surface area (Å²) in [5, 5.41) is 11.2. The minimum atomic E-state index is -0.702. The number of benzene rings is 1. The van der Waals surface area contributed by atoms with Gasteiger partial charge in [-0.05, 0) is 32.3 Å². The number of likely N-dealkylation sites (tertiary alicyclic amines) is 1. The van der Waals surface area contributed by atoms with Gasteiger partial charge in [-0.1, -0.05) is 31.0 Å². The van der Waals surface area contributed by atoms with Crippen LogP contribution >= 0.6 is 0 Å². The van der Waals surface area contributed by atoms with Crippen molar-refractivity contribution < 1.29 is 19.4 Å². The van der Waals surface area contributed by atoms with Gasteiger partial charge >= 0.3 is 6.09 Å². The highest BCUT2D eigenvalue weighted by Gasteiger charge is 2.51. The van der Waals surface area contributed by atoms with Crippen LogP contribution in [-0.4, -0.2) is 42.0 Å². The summed E-state index contributed by atoms with van der Waals surface area (Å²) in [6.07, 6.45) is 4.12. The predicted molar refractivity (Wildman–Crippen MR) is 91.0 cm³/mol. The van der Waals surface area contributed by atoms with Crippen LogP contribution in [0, 0.1) is 5.92 Å². The first kappa shape index (κ1) is 17.1. The summed E-state index contributed by atoms with van der Waals surface area (Å²) >= 11 is 0. The first-order valence-electron chi connectivity index (χ1n) is 8.89. The fourth-order valence-electron chi connectivity index (χ4n) is 4.40. The highest BCUT2D eigenvalue weighted by atomic mass is 16.5. The molecule has 0 aromatic heterocycles. The molecular weight excluding hydrogens is 306 g/mol. The van der Waals surface area contributed by atoms with Crippen molar-refractivity contribution in [3.8, 4) is 5.75 Å². The molecular formula is C19H27NO4. The molecule has 132 valence electrons. The van der Waals surface area contributed by atoms with E-state index < -0.39 is 5.60 Å². The van der Waals surface area contributed by atoms with Gasteiger partial charge in [-0.3, -0.25) is 0 Å². The average Bonchev–Trinajstić information content (AvgIpc) is 2.60. The summed E-state index contributed by atoms with van der Waals surface area (Å²) in [5.41, 5.74) is 0.266. The fourth-order valence-corrected chi connectivity index (χ4v) is 4.40. The van der Waals surface area contributed by atoms with Crippen LogP contribution in [0.5, 0.6) is 5.75 Å². The Morgan fingerprint density at radius 1 is 1.33 bits per heavy atom. The SMILES string of the molecule is CCOc1ccccc1[C@@H]1[C@@H]2CCCC[C@@]2(O)CCN1C(=O)OC. The van der Waals surface area contributed by atoms with Crippen molar-refractivity contribution in [1.82, 2.24) is 4.90 Å². The zero-order chi connectivity index (χ0) is 17.2. The number of para-hydroxylation sites is 1. The highest BCUT2D eigenvalue weighted by molar-refractivity contribution is 5.69. The van der Waals surface area contributed by atoms with Gasteiger partial charge in [-0.15, -0.1) is 0 Å². The van der Waals surface area contributed by atoms with Crippen LogP contribution in [0.4, 0.5) is 4.79 Å². The van der Waals surface area contributed by atoms with E-state index >= 15 is 0 Å². The van der Waals surface area contributed by atoms with Crippen LogP contribution in [-0.2, 0) is 4.74 Å². The van der Waals surface area contributed by atoms with E-state index in [1.807, 2.05) is 31.2 Å². The number of ether oxygens (including phenoxy) is 2. The van der Waals surface area contributed by atoms with Crippen LogP contribution < -0.4 is 4.74 Å². The number of carbonyl (C=O) groups excluding carboxylic acids is 1. The van der Waals surface area contributed by atoms with Crippen LogP contribution in [0.15, 0.2) is 24.3 Å². The van der Waals surface area contributed by atoms with Gasteiger partial charge in [0.05, 0.1) is 25.4 Å². The molecule has 1 amide bonds. The predicted octanol–water partition coefficient (Wildman–Crippen LogP) is 3.52. The van der Waals surface area contributed by atoms with Gasteiger partial charge in [0.2, 0.25) is 0 Å². The zero-order valence-electron chi connectivity index (χ0n) is 14.5. The van der Waals surface area contributed by atoms with Crippen molar-refractivity contribution in [3.05, 3.63) is 29.8 Å². The van der Waals surface area contributed by atoms with Crippen LogP contribution in [0.25, 0.3) is 0 Å². The van der Waals surface area contributed by atoms with E-state index in [2.05, 4.69) is 0 Å². The van der Waals surface area contributed by atoms with E-state index in [1.54, 1.807) is 4.90 Å². The van der Waals surface area contributed by atoms with E-state index in [0.29, 0.717) is 19.6 Å². The lowest BCUT2D eigenvalue weighted by molar-refractivity contribution is -0.118. The van der Waals surface area contributed by atoms with Crippen molar-refractivity contribution in [3.63, 3.8) is 0 Å². The van der Waals surface area contributed by atoms with Gasteiger partial charge in [0, 0.05) is 18.0 Å². The van der Waals surface area contributed by atoms with E-state index in [-0.39, 0.29) is 18.1 Å². The molecule has 1 saturated carbocycles. The third-order valence-electron chi connectivity index (χ3n) is 5.51. The smallest absolute Gasteiger partial charge is 0.410 e. The molecule has 1 aromatic carbocycles. The van der Waals surface area contributed by atoms with Crippen LogP contribution in [0.2, 0.25) is 0 Å². The van der Waals surface area contributed by atoms with E-state index in [1.165, 1.54) is 7.11 Å². The molecule has 0 radical (unpaired) electrons. The molecule has 2 aliphatic rings. The van der Waals surface area contributed by atoms with Crippen molar-refractivity contribution in [2.24, 2.45) is 5.92 Å². The van der Waals surface area contributed by atoms with Crippen molar-refractivity contribution in [1.29, 1.82) is 0 Å². The molecule has 0 bridgehead atoms. The molecule has 3 atom stereocenters. The molecule has 1 aliphatic carbocycles. The Labute approximate surface area is 143 Å². The normalized spacial score (nSPS) is 29.7. The molecule has 5 heteroatoms. The maximum atomic E-state index is 12.4. The number of nitrogens with zero attached hydrogens (tertiary/aromatic N) is 1. The van der Waals surface area contributed by atoms with Crippen LogP contribution in [0.1, 0.15) is 50.6 Å². The monoisotopic (exact) mass is 333 g/mol. The maximum absolute atomic E-state index is 12.4. The fraction of sp³-hybridized carbons (Fsp3) is 0.632. The van der Waals surface area contributed by atoms with Gasteiger partial charge in [0.15, 0.2) is 0 Å². The number of piperidine rings is 1. The second kappa shape index (κ2) is 7.01. The molecule has 1 N–H and O–H groups in total. The molecule has 3 rings (SSSR count).